The van der Waals surface area contributed by atoms with Gasteiger partial charge in [-0.15, -0.1) is 0 Å². The number of nitrogens with one attached hydrogen (secondary N) is 1. The number of nitrogens with zero attached hydrogens (tertiary/aromatic N) is 1. The van der Waals surface area contributed by atoms with E-state index in [0.717, 1.165) is 30.7 Å². The standard InChI is InChI=1S/C18H30N2O/c1-13(2)18-11-19-17(15-7-8-15)12-20(18)14(3)6-9-16-5-4-10-21-16/h4-5,10,13-15,17-19H,6-9,11-12H2,1-3H3. The van der Waals surface area contributed by atoms with Crippen molar-refractivity contribution in [3.05, 3.63) is 24.2 Å². The Hall–Kier alpha value is -0.800. The van der Waals surface area contributed by atoms with Gasteiger partial charge in [0.15, 0.2) is 0 Å². The van der Waals surface area contributed by atoms with Gasteiger partial charge in [0.05, 0.1) is 6.26 Å². The highest BCUT2D eigenvalue weighted by atomic mass is 16.3. The van der Waals surface area contributed by atoms with Crippen molar-refractivity contribution in [2.75, 3.05) is 13.1 Å². The summed E-state index contributed by atoms with van der Waals surface area (Å²) in [7, 11) is 0. The van der Waals surface area contributed by atoms with Crippen LogP contribution in [0.2, 0.25) is 0 Å². The van der Waals surface area contributed by atoms with Crippen LogP contribution in [0.1, 0.15) is 45.8 Å². The molecule has 2 heterocycles. The Labute approximate surface area is 129 Å². The number of hydrogen-bond donors (Lipinski definition) is 1. The lowest BCUT2D eigenvalue weighted by atomic mass is 9.94. The third-order valence-electron chi connectivity index (χ3n) is 5.34. The van der Waals surface area contributed by atoms with Crippen LogP contribution >= 0.6 is 0 Å². The van der Waals surface area contributed by atoms with E-state index in [-0.39, 0.29) is 0 Å². The molecule has 2 aliphatic rings. The van der Waals surface area contributed by atoms with Crippen molar-refractivity contribution in [2.24, 2.45) is 11.8 Å². The van der Waals surface area contributed by atoms with E-state index in [0.29, 0.717) is 18.0 Å². The molecule has 1 aliphatic heterocycles. The molecule has 3 heteroatoms. The summed E-state index contributed by atoms with van der Waals surface area (Å²) in [5.74, 6) is 2.78. The van der Waals surface area contributed by atoms with Crippen LogP contribution in [0.25, 0.3) is 0 Å². The van der Waals surface area contributed by atoms with Gasteiger partial charge in [-0.3, -0.25) is 4.90 Å². The molecule has 1 aromatic heterocycles. The van der Waals surface area contributed by atoms with Crippen molar-refractivity contribution in [3.63, 3.8) is 0 Å². The predicted molar refractivity (Wildman–Crippen MR) is 86.3 cm³/mol. The number of hydrogen-bond acceptors (Lipinski definition) is 3. The van der Waals surface area contributed by atoms with Crippen molar-refractivity contribution in [1.29, 1.82) is 0 Å². The van der Waals surface area contributed by atoms with Gasteiger partial charge in [0.25, 0.3) is 0 Å². The molecule has 118 valence electrons. The fourth-order valence-electron chi connectivity index (χ4n) is 3.73. The van der Waals surface area contributed by atoms with E-state index in [4.69, 9.17) is 4.42 Å². The first-order valence-corrected chi connectivity index (χ1v) is 8.66. The van der Waals surface area contributed by atoms with Crippen molar-refractivity contribution < 1.29 is 4.42 Å². The van der Waals surface area contributed by atoms with E-state index < -0.39 is 0 Å². The van der Waals surface area contributed by atoms with Gasteiger partial charge in [0.1, 0.15) is 5.76 Å². The van der Waals surface area contributed by atoms with Gasteiger partial charge in [-0.1, -0.05) is 13.8 Å². The van der Waals surface area contributed by atoms with Gasteiger partial charge < -0.3 is 9.73 Å². The lowest BCUT2D eigenvalue weighted by Gasteiger charge is -2.46. The lowest BCUT2D eigenvalue weighted by molar-refractivity contribution is 0.0537. The molecule has 1 saturated carbocycles. The SMILES string of the molecule is CC(C)C1CNC(C2CC2)CN1C(C)CCc1ccco1. The Kier molecular flexibility index (Phi) is 4.70. The van der Waals surface area contributed by atoms with Gasteiger partial charge in [-0.25, -0.2) is 0 Å². The molecule has 21 heavy (non-hydrogen) atoms. The highest BCUT2D eigenvalue weighted by Gasteiger charge is 2.39. The second kappa shape index (κ2) is 6.53. The highest BCUT2D eigenvalue weighted by molar-refractivity contribution is 5.00. The maximum Gasteiger partial charge on any atom is 0.103 e. The van der Waals surface area contributed by atoms with E-state index in [9.17, 15) is 0 Å². The number of piperazine rings is 1. The molecule has 3 nitrogen and oxygen atoms in total. The third-order valence-corrected chi connectivity index (χ3v) is 5.34. The monoisotopic (exact) mass is 290 g/mol. The highest BCUT2D eigenvalue weighted by Crippen LogP contribution is 2.35. The third kappa shape index (κ3) is 3.70. The molecular weight excluding hydrogens is 260 g/mol. The fraction of sp³-hybridized carbons (Fsp3) is 0.778. The zero-order chi connectivity index (χ0) is 14.8. The van der Waals surface area contributed by atoms with Crippen molar-refractivity contribution >= 4 is 0 Å². The lowest BCUT2D eigenvalue weighted by Crippen LogP contribution is -2.61. The van der Waals surface area contributed by atoms with E-state index >= 15 is 0 Å². The molecule has 0 radical (unpaired) electrons. The molecule has 2 fully saturated rings. The molecule has 1 aliphatic carbocycles. The van der Waals surface area contributed by atoms with Crippen LogP contribution in [-0.4, -0.2) is 36.1 Å². The minimum atomic E-state index is 0.630. The molecular formula is C18H30N2O. The Bertz CT molecular complexity index is 424. The van der Waals surface area contributed by atoms with Gasteiger partial charge in [-0.2, -0.15) is 0 Å². The normalized spacial score (nSPS) is 29.0. The summed E-state index contributed by atoms with van der Waals surface area (Å²) in [6, 6.07) is 6.12. The van der Waals surface area contributed by atoms with E-state index in [1.54, 1.807) is 6.26 Å². The molecule has 0 aromatic carbocycles. The number of aryl methyl sites for hydroxylation is 1. The summed E-state index contributed by atoms with van der Waals surface area (Å²) < 4.78 is 5.48. The minimum absolute atomic E-state index is 0.630. The van der Waals surface area contributed by atoms with Crippen molar-refractivity contribution in [2.45, 2.75) is 64.6 Å². The maximum absolute atomic E-state index is 5.48. The maximum atomic E-state index is 5.48. The Morgan fingerprint density at radius 3 is 2.76 bits per heavy atom. The van der Waals surface area contributed by atoms with Crippen molar-refractivity contribution in [3.8, 4) is 0 Å². The quantitative estimate of drug-likeness (QED) is 0.871. The summed E-state index contributed by atoms with van der Waals surface area (Å²) in [5.41, 5.74) is 0. The van der Waals surface area contributed by atoms with Crippen molar-refractivity contribution in [1.82, 2.24) is 10.2 Å². The predicted octanol–water partition coefficient (Wildman–Crippen LogP) is 3.31. The molecule has 0 spiro atoms. The summed E-state index contributed by atoms with van der Waals surface area (Å²) in [6.45, 7) is 9.50. The molecule has 0 amide bonds. The van der Waals surface area contributed by atoms with E-state index in [1.165, 1.54) is 25.8 Å². The zero-order valence-corrected chi connectivity index (χ0v) is 13.7. The summed E-state index contributed by atoms with van der Waals surface area (Å²) in [5, 5.41) is 3.81. The fourth-order valence-corrected chi connectivity index (χ4v) is 3.73. The second-order valence-corrected chi connectivity index (χ2v) is 7.33. The van der Waals surface area contributed by atoms with Crippen LogP contribution < -0.4 is 5.32 Å². The Morgan fingerprint density at radius 2 is 2.14 bits per heavy atom. The summed E-state index contributed by atoms with van der Waals surface area (Å²) in [6.07, 6.45) is 6.88. The van der Waals surface area contributed by atoms with E-state index in [2.05, 4.69) is 37.1 Å². The summed E-state index contributed by atoms with van der Waals surface area (Å²) >= 11 is 0. The number of furan rings is 1. The Balaban J connectivity index is 1.59. The minimum Gasteiger partial charge on any atom is -0.469 e. The summed E-state index contributed by atoms with van der Waals surface area (Å²) in [4.78, 5) is 2.77. The zero-order valence-electron chi connectivity index (χ0n) is 13.7. The smallest absolute Gasteiger partial charge is 0.103 e. The van der Waals surface area contributed by atoms with Crippen LogP contribution in [0.3, 0.4) is 0 Å². The number of rotatable bonds is 6. The molecule has 3 rings (SSSR count). The largest absolute Gasteiger partial charge is 0.469 e. The van der Waals surface area contributed by atoms with Crippen LogP contribution in [0.15, 0.2) is 22.8 Å². The van der Waals surface area contributed by atoms with E-state index in [1.807, 2.05) is 6.07 Å². The average molecular weight is 290 g/mol. The average Bonchev–Trinajstić information content (AvgIpc) is 3.20. The molecule has 0 bridgehead atoms. The van der Waals surface area contributed by atoms with Gasteiger partial charge in [-0.05, 0) is 50.2 Å². The topological polar surface area (TPSA) is 28.4 Å². The van der Waals surface area contributed by atoms with Crippen LogP contribution in [-0.2, 0) is 6.42 Å². The molecule has 1 saturated heterocycles. The second-order valence-electron chi connectivity index (χ2n) is 7.33. The first-order chi connectivity index (χ1) is 10.1. The van der Waals surface area contributed by atoms with Crippen LogP contribution in [0, 0.1) is 11.8 Å². The first-order valence-electron chi connectivity index (χ1n) is 8.66. The van der Waals surface area contributed by atoms with Gasteiger partial charge in [0, 0.05) is 37.6 Å². The first kappa shape index (κ1) is 15.1. The molecule has 3 unspecified atom stereocenters. The van der Waals surface area contributed by atoms with Crippen LogP contribution in [0.4, 0.5) is 0 Å². The molecule has 3 atom stereocenters. The molecule has 1 aromatic rings. The molecule has 1 N–H and O–H groups in total. The Morgan fingerprint density at radius 1 is 1.33 bits per heavy atom. The van der Waals surface area contributed by atoms with Gasteiger partial charge in [0.2, 0.25) is 0 Å². The van der Waals surface area contributed by atoms with Gasteiger partial charge >= 0.3 is 0 Å². The van der Waals surface area contributed by atoms with Crippen LogP contribution in [0.5, 0.6) is 0 Å².